The molecule has 2 N–H and O–H groups in total. The van der Waals surface area contributed by atoms with E-state index in [0.29, 0.717) is 0 Å². The molecule has 2 aromatic rings. The second-order valence-electron chi connectivity index (χ2n) is 5.41. The van der Waals surface area contributed by atoms with Crippen molar-refractivity contribution in [2.45, 2.75) is 11.8 Å². The molecule has 0 aliphatic carbocycles. The van der Waals surface area contributed by atoms with Crippen LogP contribution in [0.15, 0.2) is 47.5 Å². The predicted octanol–water partition coefficient (Wildman–Crippen LogP) is 0.715. The van der Waals surface area contributed by atoms with Gasteiger partial charge in [0.25, 0.3) is 11.8 Å². The molecule has 132 valence electrons. The van der Waals surface area contributed by atoms with E-state index < -0.39 is 21.8 Å². The summed E-state index contributed by atoms with van der Waals surface area (Å²) in [6.07, 6.45) is 1.39. The Balaban J connectivity index is 2.09. The normalized spacial score (nSPS) is 11.2. The van der Waals surface area contributed by atoms with Crippen LogP contribution < -0.4 is 10.9 Å². The molecule has 1 heterocycles. The highest BCUT2D eigenvalue weighted by Crippen LogP contribution is 2.14. The zero-order valence-corrected chi connectivity index (χ0v) is 14.8. The van der Waals surface area contributed by atoms with Crippen molar-refractivity contribution in [3.63, 3.8) is 0 Å². The van der Waals surface area contributed by atoms with E-state index in [1.165, 1.54) is 44.6 Å². The van der Waals surface area contributed by atoms with E-state index in [0.717, 1.165) is 10.00 Å². The van der Waals surface area contributed by atoms with Gasteiger partial charge >= 0.3 is 0 Å². The molecule has 0 fully saturated rings. The molecule has 0 atom stereocenters. The summed E-state index contributed by atoms with van der Waals surface area (Å²) >= 11 is 0. The summed E-state index contributed by atoms with van der Waals surface area (Å²) in [5.74, 6) is -1.16. The number of sulfonamides is 1. The third-order valence-corrected chi connectivity index (χ3v) is 5.15. The van der Waals surface area contributed by atoms with Gasteiger partial charge in [0.15, 0.2) is 0 Å². The van der Waals surface area contributed by atoms with E-state index in [2.05, 4.69) is 15.8 Å². The van der Waals surface area contributed by atoms with E-state index in [1.807, 2.05) is 0 Å². The van der Waals surface area contributed by atoms with Gasteiger partial charge in [0.05, 0.1) is 10.5 Å². The van der Waals surface area contributed by atoms with Gasteiger partial charge in [0.2, 0.25) is 10.0 Å². The molecule has 0 saturated heterocycles. The number of hydrogen-bond acceptors (Lipinski definition) is 5. The number of carbonyl (C=O) groups is 2. The first kappa shape index (κ1) is 18.6. The fraction of sp³-hybridized carbons (Fsp3) is 0.188. The van der Waals surface area contributed by atoms with Gasteiger partial charge in [-0.15, -0.1) is 0 Å². The molecule has 8 nitrogen and oxygen atoms in total. The fourth-order valence-electron chi connectivity index (χ4n) is 1.87. The zero-order valence-electron chi connectivity index (χ0n) is 14.0. The minimum Gasteiger partial charge on any atom is -0.267 e. The molecule has 0 unspecified atom stereocenters. The molecule has 1 aromatic heterocycles. The molecule has 25 heavy (non-hydrogen) atoms. The van der Waals surface area contributed by atoms with Gasteiger partial charge in [-0.2, -0.15) is 0 Å². The van der Waals surface area contributed by atoms with Gasteiger partial charge in [-0.1, -0.05) is 6.07 Å². The molecule has 0 aliphatic rings. The van der Waals surface area contributed by atoms with Gasteiger partial charge < -0.3 is 0 Å². The number of benzene rings is 1. The summed E-state index contributed by atoms with van der Waals surface area (Å²) in [7, 11) is -0.852. The number of aromatic nitrogens is 1. The predicted molar refractivity (Wildman–Crippen MR) is 91.2 cm³/mol. The summed E-state index contributed by atoms with van der Waals surface area (Å²) in [5.41, 5.74) is 5.66. The van der Waals surface area contributed by atoms with Crippen LogP contribution in [0.5, 0.6) is 0 Å². The van der Waals surface area contributed by atoms with Crippen LogP contribution >= 0.6 is 0 Å². The highest BCUT2D eigenvalue weighted by molar-refractivity contribution is 7.89. The lowest BCUT2D eigenvalue weighted by Crippen LogP contribution is -2.41. The van der Waals surface area contributed by atoms with E-state index in [1.54, 1.807) is 19.1 Å². The molecule has 0 bridgehead atoms. The van der Waals surface area contributed by atoms with E-state index in [-0.39, 0.29) is 16.0 Å². The molecule has 0 spiro atoms. The molecule has 2 rings (SSSR count). The number of rotatable bonds is 4. The lowest BCUT2D eigenvalue weighted by molar-refractivity contribution is 0.0846. The molecule has 0 aliphatic heterocycles. The van der Waals surface area contributed by atoms with E-state index >= 15 is 0 Å². The summed E-state index contributed by atoms with van der Waals surface area (Å²) in [6, 6.07) is 8.79. The summed E-state index contributed by atoms with van der Waals surface area (Å²) < 4.78 is 25.3. The Bertz CT molecular complexity index is 893. The third-order valence-electron chi connectivity index (χ3n) is 3.34. The quantitative estimate of drug-likeness (QED) is 0.779. The Hall–Kier alpha value is -2.78. The fourth-order valence-corrected chi connectivity index (χ4v) is 2.82. The van der Waals surface area contributed by atoms with Crippen LogP contribution in [0.3, 0.4) is 0 Å². The minimum absolute atomic E-state index is 0.0146. The molecule has 0 radical (unpaired) electrons. The van der Waals surface area contributed by atoms with Crippen molar-refractivity contribution in [1.82, 2.24) is 20.1 Å². The molecule has 1 aromatic carbocycles. The number of amides is 2. The minimum atomic E-state index is -3.65. The van der Waals surface area contributed by atoms with Crippen molar-refractivity contribution in [2.75, 3.05) is 14.1 Å². The Morgan fingerprint density at radius 2 is 1.64 bits per heavy atom. The van der Waals surface area contributed by atoms with Crippen LogP contribution in [-0.2, 0) is 10.0 Å². The number of nitrogens with zero attached hydrogens (tertiary/aromatic N) is 2. The summed E-state index contributed by atoms with van der Waals surface area (Å²) in [4.78, 5) is 28.1. The van der Waals surface area contributed by atoms with Gasteiger partial charge in [-0.05, 0) is 37.3 Å². The van der Waals surface area contributed by atoms with Gasteiger partial charge in [0, 0.05) is 31.5 Å². The second kappa shape index (κ2) is 7.41. The molecule has 9 heteroatoms. The van der Waals surface area contributed by atoms with Gasteiger partial charge in [0.1, 0.15) is 0 Å². The highest BCUT2D eigenvalue weighted by Gasteiger charge is 2.19. The first-order valence-electron chi connectivity index (χ1n) is 7.28. The van der Waals surface area contributed by atoms with Crippen LogP contribution in [0.2, 0.25) is 0 Å². The van der Waals surface area contributed by atoms with Gasteiger partial charge in [-0.25, -0.2) is 12.7 Å². The van der Waals surface area contributed by atoms with Crippen molar-refractivity contribution in [3.8, 4) is 0 Å². The number of aryl methyl sites for hydroxylation is 1. The number of hydrogen-bond donors (Lipinski definition) is 2. The Kier molecular flexibility index (Phi) is 5.50. The molecular weight excluding hydrogens is 344 g/mol. The number of carbonyl (C=O) groups excluding carboxylic acids is 2. The van der Waals surface area contributed by atoms with Gasteiger partial charge in [-0.3, -0.25) is 25.4 Å². The van der Waals surface area contributed by atoms with Crippen molar-refractivity contribution < 1.29 is 18.0 Å². The lowest BCUT2D eigenvalue weighted by atomic mass is 10.2. The van der Waals surface area contributed by atoms with Crippen molar-refractivity contribution in [3.05, 3.63) is 59.4 Å². The van der Waals surface area contributed by atoms with Crippen LogP contribution in [0.4, 0.5) is 0 Å². The second-order valence-corrected chi connectivity index (χ2v) is 7.56. The number of hydrazine groups is 1. The van der Waals surface area contributed by atoms with Crippen molar-refractivity contribution in [1.29, 1.82) is 0 Å². The summed E-state index contributed by atoms with van der Waals surface area (Å²) in [6.45, 7) is 1.79. The standard InChI is InChI=1S/C16H18N4O4S/c1-11-7-8-13(10-17-11)16(22)19-18-15(21)12-5-4-6-14(9-12)25(23,24)20(2)3/h4-10H,1-3H3,(H,18,21)(H,19,22). The average Bonchev–Trinajstić information content (AvgIpc) is 2.60. The Labute approximate surface area is 145 Å². The van der Waals surface area contributed by atoms with Crippen LogP contribution in [0.1, 0.15) is 26.4 Å². The van der Waals surface area contributed by atoms with Crippen LogP contribution in [-0.4, -0.2) is 43.6 Å². The third kappa shape index (κ3) is 4.40. The maximum atomic E-state index is 12.1. The van der Waals surface area contributed by atoms with Crippen LogP contribution in [0, 0.1) is 6.92 Å². The van der Waals surface area contributed by atoms with Crippen molar-refractivity contribution >= 4 is 21.8 Å². The molecule has 0 saturated carbocycles. The maximum absolute atomic E-state index is 12.1. The van der Waals surface area contributed by atoms with Crippen LogP contribution in [0.25, 0.3) is 0 Å². The molecular formula is C16H18N4O4S. The first-order valence-corrected chi connectivity index (χ1v) is 8.72. The summed E-state index contributed by atoms with van der Waals surface area (Å²) in [5, 5.41) is 0. The topological polar surface area (TPSA) is 108 Å². The highest BCUT2D eigenvalue weighted by atomic mass is 32.2. The molecule has 2 amide bonds. The SMILES string of the molecule is Cc1ccc(C(=O)NNC(=O)c2cccc(S(=O)(=O)N(C)C)c2)cn1. The Morgan fingerprint density at radius 1 is 1.00 bits per heavy atom. The van der Waals surface area contributed by atoms with E-state index in [4.69, 9.17) is 0 Å². The smallest absolute Gasteiger partial charge is 0.267 e. The monoisotopic (exact) mass is 362 g/mol. The average molecular weight is 362 g/mol. The number of nitrogens with one attached hydrogen (secondary N) is 2. The number of pyridine rings is 1. The van der Waals surface area contributed by atoms with Crippen molar-refractivity contribution in [2.24, 2.45) is 0 Å². The maximum Gasteiger partial charge on any atom is 0.271 e. The zero-order chi connectivity index (χ0) is 18.6. The largest absolute Gasteiger partial charge is 0.271 e. The Morgan fingerprint density at radius 3 is 2.20 bits per heavy atom. The lowest BCUT2D eigenvalue weighted by Gasteiger charge is -2.12. The first-order chi connectivity index (χ1) is 11.7. The van der Waals surface area contributed by atoms with E-state index in [9.17, 15) is 18.0 Å².